The highest BCUT2D eigenvalue weighted by atomic mass is 16.5. The fourth-order valence-corrected chi connectivity index (χ4v) is 2.83. The van der Waals surface area contributed by atoms with Gasteiger partial charge in [0.15, 0.2) is 0 Å². The number of aromatic nitrogens is 1. The lowest BCUT2D eigenvalue weighted by molar-refractivity contribution is -0.0246. The molecule has 1 aromatic heterocycles. The fraction of sp³-hybridized carbons (Fsp3) is 0.368. The smallest absolute Gasteiger partial charge is 0.255 e. The highest BCUT2D eigenvalue weighted by Gasteiger charge is 2.25. The molecular formula is C19H22N2O2. The monoisotopic (exact) mass is 310 g/mol. The van der Waals surface area contributed by atoms with E-state index in [1.807, 2.05) is 30.0 Å². The van der Waals surface area contributed by atoms with E-state index in [0.29, 0.717) is 25.3 Å². The molecule has 120 valence electrons. The number of aryl methyl sites for hydroxylation is 2. The molecule has 1 amide bonds. The number of morpholine rings is 1. The minimum atomic E-state index is 0.0468. The van der Waals surface area contributed by atoms with Crippen LogP contribution in [0.4, 0.5) is 0 Å². The average molecular weight is 310 g/mol. The highest BCUT2D eigenvalue weighted by molar-refractivity contribution is 5.94. The predicted molar refractivity (Wildman–Crippen MR) is 89.4 cm³/mol. The summed E-state index contributed by atoms with van der Waals surface area (Å²) in [6.45, 7) is 3.82. The summed E-state index contributed by atoms with van der Waals surface area (Å²) in [6.07, 6.45) is 3.66. The number of ether oxygens (including phenoxy) is 1. The number of hydrogen-bond donors (Lipinski definition) is 0. The van der Waals surface area contributed by atoms with Crippen LogP contribution in [0, 0.1) is 6.92 Å². The molecule has 3 rings (SSSR count). The molecule has 2 aromatic rings. The first-order valence-corrected chi connectivity index (χ1v) is 8.10. The van der Waals surface area contributed by atoms with Crippen molar-refractivity contribution in [2.45, 2.75) is 25.9 Å². The van der Waals surface area contributed by atoms with Gasteiger partial charge in [-0.2, -0.15) is 0 Å². The van der Waals surface area contributed by atoms with Crippen LogP contribution in [0.3, 0.4) is 0 Å². The molecule has 1 aliphatic rings. The molecule has 23 heavy (non-hydrogen) atoms. The van der Waals surface area contributed by atoms with Gasteiger partial charge >= 0.3 is 0 Å². The molecule has 2 heterocycles. The number of pyridine rings is 1. The van der Waals surface area contributed by atoms with E-state index >= 15 is 0 Å². The lowest BCUT2D eigenvalue weighted by atomic mass is 10.1. The third-order valence-electron chi connectivity index (χ3n) is 4.18. The minimum absolute atomic E-state index is 0.0468. The Bertz CT molecular complexity index is 640. The van der Waals surface area contributed by atoms with Gasteiger partial charge in [0.2, 0.25) is 0 Å². The van der Waals surface area contributed by atoms with Gasteiger partial charge in [0.05, 0.1) is 18.3 Å². The molecule has 0 bridgehead atoms. The van der Waals surface area contributed by atoms with Gasteiger partial charge < -0.3 is 9.64 Å². The van der Waals surface area contributed by atoms with Gasteiger partial charge in [-0.15, -0.1) is 0 Å². The normalized spacial score (nSPS) is 18.0. The molecule has 4 heteroatoms. The van der Waals surface area contributed by atoms with Crippen molar-refractivity contribution < 1.29 is 9.53 Å². The van der Waals surface area contributed by atoms with E-state index in [1.165, 1.54) is 5.56 Å². The first-order valence-electron chi connectivity index (χ1n) is 8.10. The van der Waals surface area contributed by atoms with Crippen LogP contribution in [-0.4, -0.2) is 41.6 Å². The van der Waals surface area contributed by atoms with Crippen LogP contribution in [0.1, 0.15) is 28.0 Å². The van der Waals surface area contributed by atoms with Crippen molar-refractivity contribution in [3.8, 4) is 0 Å². The molecule has 4 nitrogen and oxygen atoms in total. The summed E-state index contributed by atoms with van der Waals surface area (Å²) in [7, 11) is 0. The second-order valence-corrected chi connectivity index (χ2v) is 5.96. The van der Waals surface area contributed by atoms with Gasteiger partial charge in [-0.05, 0) is 37.5 Å². The Morgan fingerprint density at radius 3 is 2.83 bits per heavy atom. The Hall–Kier alpha value is -2.20. The molecule has 0 saturated carbocycles. The minimum Gasteiger partial charge on any atom is -0.375 e. The average Bonchev–Trinajstić information content (AvgIpc) is 2.61. The zero-order valence-electron chi connectivity index (χ0n) is 13.4. The summed E-state index contributed by atoms with van der Waals surface area (Å²) in [5, 5.41) is 0. The van der Waals surface area contributed by atoms with Crippen LogP contribution in [0.2, 0.25) is 0 Å². The Morgan fingerprint density at radius 1 is 1.26 bits per heavy atom. The van der Waals surface area contributed by atoms with Gasteiger partial charge in [0, 0.05) is 25.0 Å². The van der Waals surface area contributed by atoms with Crippen LogP contribution >= 0.6 is 0 Å². The predicted octanol–water partition coefficient (Wildman–Crippen LogP) is 2.86. The standard InChI is InChI=1S/C19H22N2O2/c1-15-7-9-17(13-20-15)19(22)21-11-12-23-18(14-21)10-8-16-5-3-2-4-6-16/h2-7,9,13,18H,8,10-12,14H2,1H3. The molecule has 1 unspecified atom stereocenters. The number of rotatable bonds is 4. The maximum absolute atomic E-state index is 12.6. The quantitative estimate of drug-likeness (QED) is 0.872. The zero-order chi connectivity index (χ0) is 16.1. The van der Waals surface area contributed by atoms with Gasteiger partial charge in [-0.3, -0.25) is 9.78 Å². The second-order valence-electron chi connectivity index (χ2n) is 5.96. The van der Waals surface area contributed by atoms with Crippen molar-refractivity contribution in [3.05, 3.63) is 65.5 Å². The summed E-state index contributed by atoms with van der Waals surface area (Å²) < 4.78 is 5.83. The van der Waals surface area contributed by atoms with Crippen molar-refractivity contribution in [2.24, 2.45) is 0 Å². The molecule has 0 spiro atoms. The number of benzene rings is 1. The molecule has 1 atom stereocenters. The van der Waals surface area contributed by atoms with E-state index in [4.69, 9.17) is 4.74 Å². The van der Waals surface area contributed by atoms with Gasteiger partial charge in [-0.25, -0.2) is 0 Å². The summed E-state index contributed by atoms with van der Waals surface area (Å²) in [4.78, 5) is 18.7. The highest BCUT2D eigenvalue weighted by Crippen LogP contribution is 2.15. The van der Waals surface area contributed by atoms with Crippen LogP contribution in [0.15, 0.2) is 48.7 Å². The van der Waals surface area contributed by atoms with Crippen LogP contribution in [0.25, 0.3) is 0 Å². The summed E-state index contributed by atoms with van der Waals surface area (Å²) in [5.74, 6) is 0.0468. The van der Waals surface area contributed by atoms with Crippen LogP contribution in [-0.2, 0) is 11.2 Å². The van der Waals surface area contributed by atoms with Crippen molar-refractivity contribution in [1.29, 1.82) is 0 Å². The van der Waals surface area contributed by atoms with Crippen molar-refractivity contribution in [1.82, 2.24) is 9.88 Å². The lowest BCUT2D eigenvalue weighted by Crippen LogP contribution is -2.45. The van der Waals surface area contributed by atoms with Gasteiger partial charge in [0.1, 0.15) is 0 Å². The number of nitrogens with zero attached hydrogens (tertiary/aromatic N) is 2. The van der Waals surface area contributed by atoms with E-state index in [-0.39, 0.29) is 12.0 Å². The molecule has 0 aliphatic carbocycles. The van der Waals surface area contributed by atoms with Gasteiger partial charge in [-0.1, -0.05) is 30.3 Å². The largest absolute Gasteiger partial charge is 0.375 e. The Balaban J connectivity index is 1.57. The van der Waals surface area contributed by atoms with E-state index in [9.17, 15) is 4.79 Å². The molecule has 1 fully saturated rings. The van der Waals surface area contributed by atoms with E-state index < -0.39 is 0 Å². The zero-order valence-corrected chi connectivity index (χ0v) is 13.4. The summed E-state index contributed by atoms with van der Waals surface area (Å²) in [5.41, 5.74) is 2.88. The number of amides is 1. The molecule has 0 radical (unpaired) electrons. The first kappa shape index (κ1) is 15.7. The number of carbonyl (C=O) groups excluding carboxylic acids is 1. The van der Waals surface area contributed by atoms with Crippen molar-refractivity contribution in [2.75, 3.05) is 19.7 Å². The topological polar surface area (TPSA) is 42.4 Å². The SMILES string of the molecule is Cc1ccc(C(=O)N2CCOC(CCc3ccccc3)C2)cn1. The van der Waals surface area contributed by atoms with Crippen molar-refractivity contribution in [3.63, 3.8) is 0 Å². The summed E-state index contributed by atoms with van der Waals surface area (Å²) >= 11 is 0. The number of hydrogen-bond acceptors (Lipinski definition) is 3. The Kier molecular flexibility index (Phi) is 5.03. The Morgan fingerprint density at radius 2 is 2.09 bits per heavy atom. The van der Waals surface area contributed by atoms with E-state index in [2.05, 4.69) is 29.2 Å². The maximum atomic E-state index is 12.6. The van der Waals surface area contributed by atoms with E-state index in [1.54, 1.807) is 6.20 Å². The Labute approximate surface area is 137 Å². The van der Waals surface area contributed by atoms with Gasteiger partial charge in [0.25, 0.3) is 5.91 Å². The van der Waals surface area contributed by atoms with Crippen LogP contribution < -0.4 is 0 Å². The maximum Gasteiger partial charge on any atom is 0.255 e. The third-order valence-corrected chi connectivity index (χ3v) is 4.18. The summed E-state index contributed by atoms with van der Waals surface area (Å²) in [6, 6.07) is 14.1. The molecule has 1 aliphatic heterocycles. The fourth-order valence-electron chi connectivity index (χ4n) is 2.83. The van der Waals surface area contributed by atoms with Crippen LogP contribution in [0.5, 0.6) is 0 Å². The van der Waals surface area contributed by atoms with E-state index in [0.717, 1.165) is 18.5 Å². The molecule has 1 saturated heterocycles. The first-order chi connectivity index (χ1) is 11.2. The number of carbonyl (C=O) groups is 1. The molecular weight excluding hydrogens is 288 g/mol. The second kappa shape index (κ2) is 7.38. The molecule has 1 aromatic carbocycles. The molecule has 0 N–H and O–H groups in total. The van der Waals surface area contributed by atoms with Crippen molar-refractivity contribution >= 4 is 5.91 Å². The lowest BCUT2D eigenvalue weighted by Gasteiger charge is -2.33. The third kappa shape index (κ3) is 4.17.